The highest BCUT2D eigenvalue weighted by atomic mass is 32.2. The Hall–Kier alpha value is -2.82. The summed E-state index contributed by atoms with van der Waals surface area (Å²) in [7, 11) is -3.51. The van der Waals surface area contributed by atoms with Crippen molar-refractivity contribution in [1.82, 2.24) is 10.2 Å². The van der Waals surface area contributed by atoms with Gasteiger partial charge in [0, 0.05) is 45.2 Å². The molecule has 0 radical (unpaired) electrons. The Morgan fingerprint density at radius 1 is 1.03 bits per heavy atom. The normalized spacial score (nSPS) is 15.8. The van der Waals surface area contributed by atoms with Gasteiger partial charge in [-0.2, -0.15) is 0 Å². The van der Waals surface area contributed by atoms with Gasteiger partial charge in [-0.05, 0) is 29.7 Å². The second-order valence-electron chi connectivity index (χ2n) is 8.46. The number of carbonyl (C=O) groups excluding carboxylic acids is 1. The van der Waals surface area contributed by atoms with Gasteiger partial charge in [0.2, 0.25) is 22.7 Å². The van der Waals surface area contributed by atoms with E-state index in [1.807, 2.05) is 12.1 Å². The van der Waals surface area contributed by atoms with Gasteiger partial charge in [-0.1, -0.05) is 24.3 Å². The van der Waals surface area contributed by atoms with Crippen LogP contribution in [0.25, 0.3) is 0 Å². The first kappa shape index (κ1) is 24.3. The van der Waals surface area contributed by atoms with Crippen molar-refractivity contribution in [1.29, 1.82) is 0 Å². The van der Waals surface area contributed by atoms with Crippen LogP contribution in [-0.2, 0) is 32.6 Å². The van der Waals surface area contributed by atoms with Crippen LogP contribution in [0.3, 0.4) is 0 Å². The number of ether oxygens (including phenoxy) is 3. The van der Waals surface area contributed by atoms with Crippen molar-refractivity contribution in [3.63, 3.8) is 0 Å². The summed E-state index contributed by atoms with van der Waals surface area (Å²) in [5.74, 6) is 0.988. The maximum atomic E-state index is 12.3. The van der Waals surface area contributed by atoms with Crippen LogP contribution in [0.1, 0.15) is 24.0 Å². The number of morpholine rings is 1. The number of sulfonamides is 1. The van der Waals surface area contributed by atoms with E-state index in [0.717, 1.165) is 44.7 Å². The summed E-state index contributed by atoms with van der Waals surface area (Å²) in [5.41, 5.74) is 2.75. The molecule has 1 fully saturated rings. The number of amides is 1. The third kappa shape index (κ3) is 6.62. The van der Waals surface area contributed by atoms with E-state index in [-0.39, 0.29) is 25.7 Å². The van der Waals surface area contributed by atoms with Crippen molar-refractivity contribution >= 4 is 21.6 Å². The molecule has 10 heteroatoms. The van der Waals surface area contributed by atoms with Crippen molar-refractivity contribution in [2.24, 2.45) is 0 Å². The molecule has 34 heavy (non-hydrogen) atoms. The summed E-state index contributed by atoms with van der Waals surface area (Å²) in [6.07, 6.45) is 1.78. The molecule has 2 heterocycles. The van der Waals surface area contributed by atoms with Crippen LogP contribution in [0, 0.1) is 0 Å². The fourth-order valence-corrected chi connectivity index (χ4v) is 4.94. The Morgan fingerprint density at radius 2 is 1.74 bits per heavy atom. The molecule has 1 N–H and O–H groups in total. The van der Waals surface area contributed by atoms with E-state index in [1.54, 1.807) is 18.2 Å². The minimum atomic E-state index is -3.51. The Kier molecular flexibility index (Phi) is 7.91. The molecule has 2 aromatic rings. The molecule has 2 aliphatic rings. The maximum absolute atomic E-state index is 12.3. The van der Waals surface area contributed by atoms with Crippen molar-refractivity contribution in [2.75, 3.05) is 50.2 Å². The average molecular weight is 490 g/mol. The fourth-order valence-electron chi connectivity index (χ4n) is 3.98. The summed E-state index contributed by atoms with van der Waals surface area (Å²) in [5, 5.41) is 2.92. The van der Waals surface area contributed by atoms with Gasteiger partial charge in [-0.25, -0.2) is 8.42 Å². The van der Waals surface area contributed by atoms with Crippen molar-refractivity contribution < 1.29 is 27.4 Å². The van der Waals surface area contributed by atoms with E-state index in [0.29, 0.717) is 30.2 Å². The smallest absolute Gasteiger partial charge is 0.232 e. The molecule has 0 atom stereocenters. The van der Waals surface area contributed by atoms with Gasteiger partial charge in [-0.15, -0.1) is 0 Å². The summed E-state index contributed by atoms with van der Waals surface area (Å²) in [6, 6.07) is 13.2. The number of hydrogen-bond donors (Lipinski definition) is 1. The lowest BCUT2D eigenvalue weighted by molar-refractivity contribution is -0.121. The van der Waals surface area contributed by atoms with E-state index in [4.69, 9.17) is 14.2 Å². The SMILES string of the molecule is CS(=O)(=O)N(CCCC(=O)NCc1ccc(CN2CCOCC2)cc1)c1ccc2c(c1)OCO2. The second kappa shape index (κ2) is 11.1. The molecule has 2 aliphatic heterocycles. The minimum absolute atomic E-state index is 0.114. The topological polar surface area (TPSA) is 97.4 Å². The number of hydrogen-bond acceptors (Lipinski definition) is 7. The molecular formula is C24H31N3O6S. The molecule has 0 aliphatic carbocycles. The van der Waals surface area contributed by atoms with Crippen LogP contribution < -0.4 is 19.1 Å². The lowest BCUT2D eigenvalue weighted by Crippen LogP contribution is -2.35. The highest BCUT2D eigenvalue weighted by molar-refractivity contribution is 7.92. The molecule has 2 aromatic carbocycles. The van der Waals surface area contributed by atoms with Crippen LogP contribution in [0.15, 0.2) is 42.5 Å². The Balaban J connectivity index is 1.23. The Labute approximate surface area is 200 Å². The monoisotopic (exact) mass is 489 g/mol. The molecule has 4 rings (SSSR count). The lowest BCUT2D eigenvalue weighted by atomic mass is 10.1. The van der Waals surface area contributed by atoms with Crippen LogP contribution in [0.2, 0.25) is 0 Å². The number of nitrogens with zero attached hydrogens (tertiary/aromatic N) is 2. The zero-order valence-electron chi connectivity index (χ0n) is 19.4. The van der Waals surface area contributed by atoms with Crippen LogP contribution in [0.4, 0.5) is 5.69 Å². The Morgan fingerprint density at radius 3 is 2.47 bits per heavy atom. The van der Waals surface area contributed by atoms with Crippen LogP contribution in [0.5, 0.6) is 11.5 Å². The quantitative estimate of drug-likeness (QED) is 0.546. The number of fused-ring (bicyclic) bond motifs is 1. The zero-order chi connectivity index (χ0) is 24.0. The number of nitrogens with one attached hydrogen (secondary N) is 1. The van der Waals surface area contributed by atoms with Gasteiger partial charge in [0.15, 0.2) is 11.5 Å². The third-order valence-corrected chi connectivity index (χ3v) is 7.03. The number of carbonyl (C=O) groups is 1. The standard InChI is InChI=1S/C24H31N3O6S/c1-34(29,30)27(21-8-9-22-23(15-21)33-18-32-22)10-2-3-24(28)25-16-19-4-6-20(7-5-19)17-26-11-13-31-14-12-26/h4-9,15H,2-3,10-14,16-18H2,1H3,(H,25,28). The fraction of sp³-hybridized carbons (Fsp3) is 0.458. The first-order chi connectivity index (χ1) is 16.4. The van der Waals surface area contributed by atoms with Crippen molar-refractivity contribution in [3.8, 4) is 11.5 Å². The van der Waals surface area contributed by atoms with Gasteiger partial charge in [0.1, 0.15) is 0 Å². The molecule has 1 saturated heterocycles. The first-order valence-corrected chi connectivity index (χ1v) is 13.3. The summed E-state index contributed by atoms with van der Waals surface area (Å²) in [4.78, 5) is 14.7. The molecule has 1 amide bonds. The second-order valence-corrected chi connectivity index (χ2v) is 10.4. The number of benzene rings is 2. The van der Waals surface area contributed by atoms with E-state index < -0.39 is 10.0 Å². The predicted molar refractivity (Wildman–Crippen MR) is 128 cm³/mol. The summed E-state index contributed by atoms with van der Waals surface area (Å²) in [6.45, 7) is 5.11. The molecule has 0 aromatic heterocycles. The predicted octanol–water partition coefficient (Wildman–Crippen LogP) is 2.11. The van der Waals surface area contributed by atoms with Crippen LogP contribution >= 0.6 is 0 Å². The van der Waals surface area contributed by atoms with E-state index in [1.165, 1.54) is 9.87 Å². The number of rotatable bonds is 10. The van der Waals surface area contributed by atoms with E-state index >= 15 is 0 Å². The first-order valence-electron chi connectivity index (χ1n) is 11.4. The number of anilines is 1. The van der Waals surface area contributed by atoms with Gasteiger partial charge in [0.05, 0.1) is 25.2 Å². The summed E-state index contributed by atoms with van der Waals surface area (Å²) < 4.78 is 41.9. The highest BCUT2D eigenvalue weighted by Gasteiger charge is 2.21. The molecule has 0 saturated carbocycles. The highest BCUT2D eigenvalue weighted by Crippen LogP contribution is 2.36. The molecule has 0 unspecified atom stereocenters. The van der Waals surface area contributed by atoms with Crippen molar-refractivity contribution in [3.05, 3.63) is 53.6 Å². The van der Waals surface area contributed by atoms with Gasteiger partial charge >= 0.3 is 0 Å². The van der Waals surface area contributed by atoms with E-state index in [2.05, 4.69) is 22.3 Å². The molecule has 0 bridgehead atoms. The molecule has 0 spiro atoms. The largest absolute Gasteiger partial charge is 0.454 e. The molecule has 184 valence electrons. The molecule has 9 nitrogen and oxygen atoms in total. The lowest BCUT2D eigenvalue weighted by Gasteiger charge is -2.26. The van der Waals surface area contributed by atoms with Crippen molar-refractivity contribution in [2.45, 2.75) is 25.9 Å². The van der Waals surface area contributed by atoms with Gasteiger partial charge in [-0.3, -0.25) is 14.0 Å². The van der Waals surface area contributed by atoms with Gasteiger partial charge < -0.3 is 19.5 Å². The third-order valence-electron chi connectivity index (χ3n) is 5.83. The summed E-state index contributed by atoms with van der Waals surface area (Å²) >= 11 is 0. The zero-order valence-corrected chi connectivity index (χ0v) is 20.2. The van der Waals surface area contributed by atoms with Gasteiger partial charge in [0.25, 0.3) is 0 Å². The minimum Gasteiger partial charge on any atom is -0.454 e. The van der Waals surface area contributed by atoms with Crippen LogP contribution in [-0.4, -0.2) is 65.1 Å². The molecular weight excluding hydrogens is 458 g/mol. The van der Waals surface area contributed by atoms with E-state index in [9.17, 15) is 13.2 Å². The maximum Gasteiger partial charge on any atom is 0.232 e. The Bertz CT molecular complexity index is 1080. The average Bonchev–Trinajstić information content (AvgIpc) is 3.29.